The molecule has 0 aliphatic carbocycles. The number of aliphatic hydroxyl groups is 3. The van der Waals surface area contributed by atoms with Crippen LogP contribution in [0.15, 0.2) is 9.98 Å². The van der Waals surface area contributed by atoms with Crippen molar-refractivity contribution in [3.05, 3.63) is 0 Å². The highest BCUT2D eigenvalue weighted by molar-refractivity contribution is 5.87. The molecule has 0 aromatic heterocycles. The Morgan fingerprint density at radius 1 is 1.06 bits per heavy atom. The maximum Gasteiger partial charge on any atom is 0.407 e. The Labute approximate surface area is 213 Å². The number of hydrogen-bond acceptors (Lipinski definition) is 11. The van der Waals surface area contributed by atoms with E-state index < -0.39 is 35.7 Å². The van der Waals surface area contributed by atoms with E-state index in [1.807, 2.05) is 0 Å². The number of nitrogens with one attached hydrogen (secondary N) is 2. The molecule has 0 unspecified atom stereocenters. The molecule has 1 saturated heterocycles. The van der Waals surface area contributed by atoms with Gasteiger partial charge in [-0.3, -0.25) is 0 Å². The van der Waals surface area contributed by atoms with Crippen molar-refractivity contribution in [3.8, 4) is 0 Å². The zero-order chi connectivity index (χ0) is 26.2. The lowest BCUT2D eigenvalue weighted by Gasteiger charge is -2.48. The molecule has 0 radical (unpaired) electrons. The molecule has 0 aromatic carbocycles. The number of guanidine groups is 2. The first-order chi connectivity index (χ1) is 17.2. The molecule has 3 aliphatic heterocycles. The molecule has 0 saturated carbocycles. The van der Waals surface area contributed by atoms with E-state index in [1.54, 1.807) is 0 Å². The van der Waals surface area contributed by atoms with Crippen LogP contribution in [0.2, 0.25) is 0 Å². The summed E-state index contributed by atoms with van der Waals surface area (Å²) in [5.74, 6) is -2.67. The number of nitrogens with zero attached hydrogens (tertiary/aromatic N) is 3. The Hall–Kier alpha value is -2.31. The number of carbonyl (C=O) groups excluding carboxylic acids is 1. The zero-order valence-corrected chi connectivity index (χ0v) is 21.5. The summed E-state index contributed by atoms with van der Waals surface area (Å²) in [6, 6.07) is -1.74. The van der Waals surface area contributed by atoms with E-state index in [9.17, 15) is 20.1 Å². The Morgan fingerprint density at radius 2 is 1.64 bits per heavy atom. The first-order valence-electron chi connectivity index (χ1n) is 13.5. The predicted octanol–water partition coefficient (Wildman–Crippen LogP) is 0.451. The van der Waals surface area contributed by atoms with Crippen molar-refractivity contribution in [2.24, 2.45) is 21.5 Å². The van der Waals surface area contributed by atoms with Gasteiger partial charge in [-0.2, -0.15) is 0 Å². The van der Waals surface area contributed by atoms with E-state index in [0.717, 1.165) is 19.3 Å². The second-order valence-corrected chi connectivity index (χ2v) is 10.2. The van der Waals surface area contributed by atoms with Gasteiger partial charge in [0.05, 0.1) is 6.54 Å². The highest BCUT2D eigenvalue weighted by Crippen LogP contribution is 2.44. The number of unbranched alkanes of at least 4 members (excludes halogenated alkanes) is 11. The smallest absolute Gasteiger partial charge is 0.407 e. The van der Waals surface area contributed by atoms with Gasteiger partial charge in [0.15, 0.2) is 17.6 Å². The van der Waals surface area contributed by atoms with E-state index in [0.29, 0.717) is 6.54 Å². The van der Waals surface area contributed by atoms with Gasteiger partial charge in [0.25, 0.3) is 0 Å². The number of ether oxygens (including phenoxy) is 1. The largest absolute Gasteiger partial charge is 0.447 e. The number of aliphatic imine (C=N–C) groups is 2. The van der Waals surface area contributed by atoms with Crippen molar-refractivity contribution >= 4 is 18.0 Å². The molecule has 206 valence electrons. The molecule has 12 heteroatoms. The Kier molecular flexibility index (Phi) is 10.0. The highest BCUT2D eigenvalue weighted by atomic mass is 16.6. The summed E-state index contributed by atoms with van der Waals surface area (Å²) in [6.07, 6.45) is 12.8. The molecule has 3 heterocycles. The molecule has 0 bridgehead atoms. The fourth-order valence-corrected chi connectivity index (χ4v) is 5.42. The lowest BCUT2D eigenvalue weighted by molar-refractivity contribution is -0.257. The molecule has 12 nitrogen and oxygen atoms in total. The van der Waals surface area contributed by atoms with Crippen molar-refractivity contribution in [3.63, 3.8) is 0 Å². The minimum absolute atomic E-state index is 0.0295. The molecule has 1 amide bonds. The number of nitrogens with two attached hydrogens (primary N) is 2. The molecule has 0 aromatic rings. The van der Waals surface area contributed by atoms with E-state index in [4.69, 9.17) is 16.2 Å². The van der Waals surface area contributed by atoms with E-state index >= 15 is 0 Å². The average molecular weight is 512 g/mol. The van der Waals surface area contributed by atoms with Crippen molar-refractivity contribution in [2.75, 3.05) is 19.7 Å². The third-order valence-corrected chi connectivity index (χ3v) is 7.46. The molecule has 9 N–H and O–H groups in total. The van der Waals surface area contributed by atoms with Gasteiger partial charge < -0.3 is 47.1 Å². The second-order valence-electron chi connectivity index (χ2n) is 10.2. The predicted molar refractivity (Wildman–Crippen MR) is 137 cm³/mol. The van der Waals surface area contributed by atoms with Crippen LogP contribution in [0.4, 0.5) is 4.79 Å². The Balaban J connectivity index is 1.32. The van der Waals surface area contributed by atoms with Gasteiger partial charge in [-0.15, -0.1) is 0 Å². The van der Waals surface area contributed by atoms with Gasteiger partial charge in [0.1, 0.15) is 24.8 Å². The van der Waals surface area contributed by atoms with Crippen LogP contribution in [-0.2, 0) is 4.74 Å². The van der Waals surface area contributed by atoms with Gasteiger partial charge in [-0.1, -0.05) is 77.6 Å². The van der Waals surface area contributed by atoms with E-state index in [1.165, 1.54) is 62.7 Å². The van der Waals surface area contributed by atoms with Gasteiger partial charge in [-0.25, -0.2) is 14.8 Å². The van der Waals surface area contributed by atoms with Crippen molar-refractivity contribution in [1.82, 2.24) is 15.5 Å². The number of aliphatic hydroxyl groups excluding tert-OH is 1. The van der Waals surface area contributed by atoms with Crippen LogP contribution in [0.25, 0.3) is 0 Å². The van der Waals surface area contributed by atoms with Crippen LogP contribution in [0.1, 0.15) is 84.0 Å². The average Bonchev–Trinajstić information content (AvgIpc) is 3.30. The fraction of sp³-hybridized carbons (Fsp3) is 0.875. The summed E-state index contributed by atoms with van der Waals surface area (Å²) in [5.41, 5.74) is 10.2. The van der Waals surface area contributed by atoms with Gasteiger partial charge in [-0.05, 0) is 6.42 Å². The second kappa shape index (κ2) is 12.8. The Morgan fingerprint density at radius 3 is 2.25 bits per heavy atom. The number of hydrogen-bond donors (Lipinski definition) is 7. The molecular weight excluding hydrogens is 466 g/mol. The summed E-state index contributed by atoms with van der Waals surface area (Å²) in [6.45, 7) is 2.41. The van der Waals surface area contributed by atoms with E-state index in [-0.39, 0.29) is 25.1 Å². The Bertz CT molecular complexity index is 793. The molecule has 36 heavy (non-hydrogen) atoms. The van der Waals surface area contributed by atoms with Crippen molar-refractivity contribution < 1.29 is 24.9 Å². The lowest BCUT2D eigenvalue weighted by Crippen LogP contribution is -2.77. The normalized spacial score (nSPS) is 28.1. The number of carbonyl (C=O) groups is 1. The molecular formula is C24H45N7O5. The minimum atomic E-state index is -2.60. The number of alkyl carbamates (subject to hydrolysis) is 1. The third kappa shape index (κ3) is 6.15. The van der Waals surface area contributed by atoms with Crippen LogP contribution < -0.4 is 22.1 Å². The molecule has 3 rings (SSSR count). The molecule has 1 fully saturated rings. The fourth-order valence-electron chi connectivity index (χ4n) is 5.42. The maximum atomic E-state index is 12.2. The maximum absolute atomic E-state index is 12.2. The van der Waals surface area contributed by atoms with Crippen molar-refractivity contribution in [2.45, 2.75) is 114 Å². The van der Waals surface area contributed by atoms with Crippen LogP contribution in [-0.4, -0.2) is 87.6 Å². The van der Waals surface area contributed by atoms with Gasteiger partial charge >= 0.3 is 6.09 Å². The van der Waals surface area contributed by atoms with Crippen LogP contribution in [0.3, 0.4) is 0 Å². The van der Waals surface area contributed by atoms with E-state index in [2.05, 4.69) is 27.5 Å². The standard InChI is InChI=1S/C24H45N7O5/c1-2-3-4-5-6-7-8-9-10-11-12-13-14-27-22(33)36-16-17-19-23(30-20(25)29-19)24(34,35)18(32)15-31(23)21(26)28-17/h17-19,32,34-35H,2-16H2,1H3,(H2,26,28)(H,27,33)(H3,25,29,30)/t17-,18-,19-,23-/m0/s1. The monoisotopic (exact) mass is 511 g/mol. The summed E-state index contributed by atoms with van der Waals surface area (Å²) < 4.78 is 5.33. The third-order valence-electron chi connectivity index (χ3n) is 7.46. The summed E-state index contributed by atoms with van der Waals surface area (Å²) in [4.78, 5) is 22.1. The van der Waals surface area contributed by atoms with Crippen LogP contribution in [0, 0.1) is 0 Å². The highest BCUT2D eigenvalue weighted by Gasteiger charge is 2.73. The number of amides is 1. The zero-order valence-electron chi connectivity index (χ0n) is 21.5. The summed E-state index contributed by atoms with van der Waals surface area (Å²) in [7, 11) is 0. The molecule has 1 spiro atoms. The summed E-state index contributed by atoms with van der Waals surface area (Å²) in [5, 5.41) is 37.1. The quantitative estimate of drug-likeness (QED) is 0.121. The van der Waals surface area contributed by atoms with Crippen LogP contribution in [0.5, 0.6) is 0 Å². The van der Waals surface area contributed by atoms with Crippen molar-refractivity contribution in [1.29, 1.82) is 0 Å². The first-order valence-corrected chi connectivity index (χ1v) is 13.5. The van der Waals surface area contributed by atoms with Crippen LogP contribution >= 0.6 is 0 Å². The SMILES string of the molecule is CCCCCCCCCCCCCCNC(=O)OC[C@@H]1N=C(N)N2C[C@H](O)C(O)(O)[C@@]23NC(N)=N[C@@H]13. The molecule has 3 aliphatic rings. The summed E-state index contributed by atoms with van der Waals surface area (Å²) >= 11 is 0. The number of rotatable bonds is 15. The first kappa shape index (κ1) is 28.3. The molecule has 4 atom stereocenters. The lowest BCUT2D eigenvalue weighted by atomic mass is 9.86. The minimum Gasteiger partial charge on any atom is -0.447 e. The van der Waals surface area contributed by atoms with Gasteiger partial charge in [0.2, 0.25) is 5.79 Å². The van der Waals surface area contributed by atoms with Gasteiger partial charge in [0, 0.05) is 6.54 Å². The topological polar surface area (TPSA) is 191 Å².